The van der Waals surface area contributed by atoms with E-state index >= 15 is 0 Å². The van der Waals surface area contributed by atoms with Crippen LogP contribution in [0.15, 0.2) is 78.9 Å². The van der Waals surface area contributed by atoms with Gasteiger partial charge in [0.1, 0.15) is 11.6 Å². The Bertz CT molecular complexity index is 1580. The number of amides is 1. The van der Waals surface area contributed by atoms with Crippen molar-refractivity contribution in [3.05, 3.63) is 84.4 Å². The van der Waals surface area contributed by atoms with Crippen molar-refractivity contribution in [1.29, 1.82) is 0 Å². The van der Waals surface area contributed by atoms with Gasteiger partial charge in [0, 0.05) is 53.2 Å². The molecule has 0 aliphatic carbocycles. The van der Waals surface area contributed by atoms with Crippen molar-refractivity contribution < 1.29 is 14.3 Å². The molecule has 37 heavy (non-hydrogen) atoms. The summed E-state index contributed by atoms with van der Waals surface area (Å²) in [6.07, 6.45) is 0. The van der Waals surface area contributed by atoms with E-state index in [0.29, 0.717) is 11.4 Å². The van der Waals surface area contributed by atoms with Crippen molar-refractivity contribution in [2.45, 2.75) is 0 Å². The second-order valence-corrected chi connectivity index (χ2v) is 9.16. The van der Waals surface area contributed by atoms with Crippen molar-refractivity contribution in [3.63, 3.8) is 0 Å². The normalized spacial score (nSPS) is 13.7. The van der Waals surface area contributed by atoms with Gasteiger partial charge >= 0.3 is 0 Å². The minimum atomic E-state index is -0.193. The van der Waals surface area contributed by atoms with Gasteiger partial charge in [-0.05, 0) is 60.7 Å². The number of nitrogens with one attached hydrogen (secondary N) is 1. The number of fused-ring (bicyclic) bond motifs is 3. The lowest BCUT2D eigenvalue weighted by molar-refractivity contribution is 0.102. The van der Waals surface area contributed by atoms with E-state index in [2.05, 4.69) is 26.9 Å². The van der Waals surface area contributed by atoms with Crippen LogP contribution in [0, 0.1) is 0 Å². The number of benzene rings is 3. The summed E-state index contributed by atoms with van der Waals surface area (Å²) >= 11 is 0. The number of pyridine rings is 1. The Hall–Kier alpha value is -4.36. The van der Waals surface area contributed by atoms with Crippen LogP contribution >= 0.6 is 0 Å². The van der Waals surface area contributed by atoms with Gasteiger partial charge in [-0.2, -0.15) is 0 Å². The van der Waals surface area contributed by atoms with Crippen LogP contribution in [-0.2, 0) is 11.8 Å². The zero-order valence-electron chi connectivity index (χ0n) is 20.9. The van der Waals surface area contributed by atoms with Gasteiger partial charge in [-0.25, -0.2) is 4.98 Å². The van der Waals surface area contributed by atoms with E-state index in [0.717, 1.165) is 70.8 Å². The summed E-state index contributed by atoms with van der Waals surface area (Å²) in [5.41, 5.74) is 5.55. The molecule has 1 amide bonds. The Labute approximate surface area is 215 Å². The van der Waals surface area contributed by atoms with Crippen LogP contribution in [0.1, 0.15) is 10.4 Å². The Morgan fingerprint density at radius 2 is 1.68 bits per heavy atom. The molecule has 2 aromatic heterocycles. The zero-order valence-corrected chi connectivity index (χ0v) is 20.9. The second kappa shape index (κ2) is 9.59. The third-order valence-electron chi connectivity index (χ3n) is 6.99. The van der Waals surface area contributed by atoms with Crippen LogP contribution in [0.4, 0.5) is 11.5 Å². The molecular formula is C30H28N4O3. The molecule has 6 rings (SSSR count). The van der Waals surface area contributed by atoms with Crippen LogP contribution in [-0.4, -0.2) is 48.9 Å². The van der Waals surface area contributed by atoms with Gasteiger partial charge in [-0.15, -0.1) is 0 Å². The molecule has 0 atom stereocenters. The van der Waals surface area contributed by atoms with E-state index in [9.17, 15) is 4.79 Å². The molecule has 0 radical (unpaired) electrons. The number of methoxy groups -OCH3 is 1. The van der Waals surface area contributed by atoms with E-state index in [1.165, 1.54) is 0 Å². The summed E-state index contributed by atoms with van der Waals surface area (Å²) in [6.45, 7) is 3.16. The Kier molecular flexibility index (Phi) is 5.98. The molecule has 1 N–H and O–H groups in total. The maximum absolute atomic E-state index is 13.2. The molecule has 5 aromatic rings. The summed E-state index contributed by atoms with van der Waals surface area (Å²) in [5.74, 6) is 1.10. The van der Waals surface area contributed by atoms with Gasteiger partial charge in [0.25, 0.3) is 5.91 Å². The van der Waals surface area contributed by atoms with Crippen LogP contribution in [0.2, 0.25) is 0 Å². The number of anilines is 2. The van der Waals surface area contributed by atoms with E-state index in [-0.39, 0.29) is 5.91 Å². The average Bonchev–Trinajstić information content (AvgIpc) is 3.25. The molecule has 1 fully saturated rings. The molecule has 0 bridgehead atoms. The largest absolute Gasteiger partial charge is 0.497 e. The number of hydrogen-bond donors (Lipinski definition) is 1. The summed E-state index contributed by atoms with van der Waals surface area (Å²) in [6, 6.07) is 25.8. The standard InChI is InChI=1S/C30H28N4O3/c1-33-26-6-4-3-5-24(26)25-19-27(31-28(29(25)33)20-9-13-23(36-2)14-10-20)32-30(35)21-7-11-22(12-8-21)34-15-17-37-18-16-34/h3-14,19H,15-18H2,1-2H3,(H,31,32,35). The smallest absolute Gasteiger partial charge is 0.256 e. The summed E-state index contributed by atoms with van der Waals surface area (Å²) < 4.78 is 12.9. The number of aryl methyl sites for hydroxylation is 1. The van der Waals surface area contributed by atoms with Gasteiger partial charge in [-0.1, -0.05) is 18.2 Å². The molecule has 1 aliphatic rings. The lowest BCUT2D eigenvalue weighted by atomic mass is 10.1. The fraction of sp³-hybridized carbons (Fsp3) is 0.200. The molecule has 3 aromatic carbocycles. The lowest BCUT2D eigenvalue weighted by Crippen LogP contribution is -2.36. The highest BCUT2D eigenvalue weighted by Crippen LogP contribution is 2.36. The van der Waals surface area contributed by atoms with E-state index in [1.54, 1.807) is 7.11 Å². The van der Waals surface area contributed by atoms with Crippen molar-refractivity contribution in [2.75, 3.05) is 43.6 Å². The minimum Gasteiger partial charge on any atom is -0.497 e. The van der Waals surface area contributed by atoms with Crippen molar-refractivity contribution in [2.24, 2.45) is 7.05 Å². The quantitative estimate of drug-likeness (QED) is 0.351. The molecule has 7 nitrogen and oxygen atoms in total. The van der Waals surface area contributed by atoms with Crippen molar-refractivity contribution >= 4 is 39.2 Å². The van der Waals surface area contributed by atoms with Crippen LogP contribution in [0.3, 0.4) is 0 Å². The number of hydrogen-bond acceptors (Lipinski definition) is 5. The lowest BCUT2D eigenvalue weighted by Gasteiger charge is -2.28. The first-order valence-electron chi connectivity index (χ1n) is 12.4. The summed E-state index contributed by atoms with van der Waals surface area (Å²) in [5, 5.41) is 5.19. The van der Waals surface area contributed by atoms with Crippen LogP contribution in [0.5, 0.6) is 5.75 Å². The SMILES string of the molecule is COc1ccc(-c2nc(NC(=O)c3ccc(N4CCOCC4)cc3)cc3c4ccccc4n(C)c23)cc1. The fourth-order valence-corrected chi connectivity index (χ4v) is 5.05. The molecule has 186 valence electrons. The van der Waals surface area contributed by atoms with Crippen molar-refractivity contribution in [3.8, 4) is 17.0 Å². The number of aromatic nitrogens is 2. The molecule has 3 heterocycles. The average molecular weight is 493 g/mol. The predicted molar refractivity (Wildman–Crippen MR) is 148 cm³/mol. The number of carbonyl (C=O) groups excluding carboxylic acids is 1. The molecule has 1 saturated heterocycles. The van der Waals surface area contributed by atoms with E-state index in [4.69, 9.17) is 14.5 Å². The van der Waals surface area contributed by atoms with Crippen LogP contribution < -0.4 is 15.0 Å². The van der Waals surface area contributed by atoms with Gasteiger partial charge in [-0.3, -0.25) is 4.79 Å². The molecule has 0 saturated carbocycles. The number of morpholine rings is 1. The summed E-state index contributed by atoms with van der Waals surface area (Å²) in [7, 11) is 3.70. The molecule has 0 unspecified atom stereocenters. The third-order valence-corrected chi connectivity index (χ3v) is 6.99. The van der Waals surface area contributed by atoms with Gasteiger partial charge in [0.2, 0.25) is 0 Å². The maximum Gasteiger partial charge on any atom is 0.256 e. The number of rotatable bonds is 5. The predicted octanol–water partition coefficient (Wildman–Crippen LogP) is 5.49. The fourth-order valence-electron chi connectivity index (χ4n) is 5.05. The molecule has 7 heteroatoms. The maximum atomic E-state index is 13.2. The first-order chi connectivity index (χ1) is 18.1. The Morgan fingerprint density at radius 3 is 2.41 bits per heavy atom. The Morgan fingerprint density at radius 1 is 0.946 bits per heavy atom. The molecular weight excluding hydrogens is 464 g/mol. The summed E-state index contributed by atoms with van der Waals surface area (Å²) in [4.78, 5) is 20.4. The minimum absolute atomic E-state index is 0.193. The topological polar surface area (TPSA) is 68.6 Å². The highest BCUT2D eigenvalue weighted by atomic mass is 16.5. The highest BCUT2D eigenvalue weighted by Gasteiger charge is 2.18. The van der Waals surface area contributed by atoms with E-state index in [1.807, 2.05) is 73.8 Å². The Balaban J connectivity index is 1.38. The first kappa shape index (κ1) is 23.1. The number of ether oxygens (including phenoxy) is 2. The highest BCUT2D eigenvalue weighted by molar-refractivity contribution is 6.14. The zero-order chi connectivity index (χ0) is 25.4. The first-order valence-corrected chi connectivity index (χ1v) is 12.4. The van der Waals surface area contributed by atoms with Gasteiger partial charge in [0.05, 0.1) is 31.5 Å². The number of para-hydroxylation sites is 1. The van der Waals surface area contributed by atoms with Gasteiger partial charge in [0.15, 0.2) is 0 Å². The molecule has 1 aliphatic heterocycles. The van der Waals surface area contributed by atoms with Crippen LogP contribution in [0.25, 0.3) is 33.1 Å². The molecule has 0 spiro atoms. The monoisotopic (exact) mass is 492 g/mol. The second-order valence-electron chi connectivity index (χ2n) is 9.16. The van der Waals surface area contributed by atoms with Crippen molar-refractivity contribution in [1.82, 2.24) is 9.55 Å². The number of carbonyl (C=O) groups is 1. The third kappa shape index (κ3) is 4.27. The number of nitrogens with zero attached hydrogens (tertiary/aromatic N) is 3. The van der Waals surface area contributed by atoms with E-state index < -0.39 is 0 Å². The van der Waals surface area contributed by atoms with Gasteiger partial charge < -0.3 is 24.3 Å².